The van der Waals surface area contributed by atoms with Gasteiger partial charge in [-0.15, -0.1) is 0 Å². The third kappa shape index (κ3) is 3.86. The Morgan fingerprint density at radius 1 is 1.31 bits per heavy atom. The van der Waals surface area contributed by atoms with Crippen molar-refractivity contribution in [3.63, 3.8) is 0 Å². The van der Waals surface area contributed by atoms with Crippen molar-refractivity contribution < 1.29 is 19.6 Å². The van der Waals surface area contributed by atoms with Gasteiger partial charge in [-0.25, -0.2) is 9.78 Å². The molecule has 1 aliphatic rings. The van der Waals surface area contributed by atoms with Crippen LogP contribution in [0.4, 0.5) is 4.79 Å². The van der Waals surface area contributed by atoms with Crippen LogP contribution >= 0.6 is 0 Å². The van der Waals surface area contributed by atoms with Crippen LogP contribution in [0.2, 0.25) is 0 Å². The van der Waals surface area contributed by atoms with Gasteiger partial charge in [-0.05, 0) is 51.2 Å². The van der Waals surface area contributed by atoms with E-state index in [4.69, 9.17) is 4.74 Å². The summed E-state index contributed by atoms with van der Waals surface area (Å²) in [6.45, 7) is 6.90. The first kappa shape index (κ1) is 18.7. The minimum Gasteiger partial charge on any atom is -0.444 e. The van der Waals surface area contributed by atoms with Gasteiger partial charge in [0.25, 0.3) is 0 Å². The molecule has 2 N–H and O–H groups in total. The number of ether oxygens (including phenoxy) is 1. The van der Waals surface area contributed by atoms with Crippen molar-refractivity contribution in [2.24, 2.45) is 7.05 Å². The maximum atomic E-state index is 12.2. The second-order valence-corrected chi connectivity index (χ2v) is 7.95. The second kappa shape index (κ2) is 6.93. The zero-order valence-corrected chi connectivity index (χ0v) is 15.8. The van der Waals surface area contributed by atoms with Crippen molar-refractivity contribution in [1.29, 1.82) is 0 Å². The summed E-state index contributed by atoms with van der Waals surface area (Å²) in [6.07, 6.45) is 4.95. The van der Waals surface area contributed by atoms with Gasteiger partial charge in [-0.1, -0.05) is 0 Å². The lowest BCUT2D eigenvalue weighted by Gasteiger charge is -2.33. The molecule has 1 aliphatic heterocycles. The highest BCUT2D eigenvalue weighted by Gasteiger charge is 2.29. The summed E-state index contributed by atoms with van der Waals surface area (Å²) in [5, 5.41) is 19.8. The van der Waals surface area contributed by atoms with Crippen molar-refractivity contribution in [2.75, 3.05) is 13.1 Å². The molecule has 0 saturated carbocycles. The van der Waals surface area contributed by atoms with Gasteiger partial charge in [0.15, 0.2) is 0 Å². The number of aromatic nitrogens is 2. The summed E-state index contributed by atoms with van der Waals surface area (Å²) < 4.78 is 7.41. The first-order valence-electron chi connectivity index (χ1n) is 8.94. The lowest BCUT2D eigenvalue weighted by Crippen LogP contribution is -2.41. The molecule has 0 atom stereocenters. The molecule has 0 aliphatic carbocycles. The average Bonchev–Trinajstić information content (AvgIpc) is 2.90. The summed E-state index contributed by atoms with van der Waals surface area (Å²) in [7, 11) is 0.401. The molecule has 3 rings (SSSR count). The Kier molecular flexibility index (Phi) is 4.99. The summed E-state index contributed by atoms with van der Waals surface area (Å²) in [5.41, 5.74) is 1.85. The van der Waals surface area contributed by atoms with Crippen molar-refractivity contribution in [1.82, 2.24) is 14.5 Å². The van der Waals surface area contributed by atoms with E-state index in [1.54, 1.807) is 11.0 Å². The van der Waals surface area contributed by atoms with E-state index < -0.39 is 12.7 Å². The fourth-order valence-electron chi connectivity index (χ4n) is 3.47. The number of fused-ring (bicyclic) bond motifs is 1. The normalized spacial score (nSPS) is 16.2. The molecule has 26 heavy (non-hydrogen) atoms. The van der Waals surface area contributed by atoms with Gasteiger partial charge in [0, 0.05) is 43.4 Å². The van der Waals surface area contributed by atoms with Crippen LogP contribution in [-0.2, 0) is 11.8 Å². The molecule has 7 nitrogen and oxygen atoms in total. The predicted octanol–water partition coefficient (Wildman–Crippen LogP) is 1.37. The summed E-state index contributed by atoms with van der Waals surface area (Å²) in [5.74, 6) is 0.297. The molecular weight excluding hydrogens is 333 g/mol. The van der Waals surface area contributed by atoms with Crippen LogP contribution in [0.25, 0.3) is 11.0 Å². The fraction of sp³-hybridized carbons (Fsp3) is 0.556. The minimum absolute atomic E-state index is 0.263. The summed E-state index contributed by atoms with van der Waals surface area (Å²) >= 11 is 0. The lowest BCUT2D eigenvalue weighted by molar-refractivity contribution is 0.0205. The Morgan fingerprint density at radius 2 is 1.96 bits per heavy atom. The van der Waals surface area contributed by atoms with Crippen LogP contribution in [0.15, 0.2) is 18.5 Å². The number of aryl methyl sites for hydroxylation is 1. The Morgan fingerprint density at radius 3 is 2.54 bits per heavy atom. The Balaban J connectivity index is 1.77. The highest BCUT2D eigenvalue weighted by atomic mass is 16.6. The smallest absolute Gasteiger partial charge is 0.444 e. The second-order valence-electron chi connectivity index (χ2n) is 7.95. The number of rotatable bonds is 2. The number of nitrogens with zero attached hydrogens (tertiary/aromatic N) is 3. The highest BCUT2D eigenvalue weighted by molar-refractivity contribution is 6.58. The minimum atomic E-state index is -1.53. The van der Waals surface area contributed by atoms with E-state index in [1.165, 1.54) is 6.20 Å². The van der Waals surface area contributed by atoms with Gasteiger partial charge in [0.1, 0.15) is 11.2 Å². The number of piperidine rings is 1. The standard InChI is InChI=1S/C18H26BN3O4/c1-18(2,3)26-17(23)22-7-5-12(6-8-22)15-11-21(4)16-14(15)9-13(10-20-16)19(24)25/h9-12,24-25H,5-8H2,1-4H3. The molecule has 3 heterocycles. The Bertz CT molecular complexity index is 805. The van der Waals surface area contributed by atoms with Crippen molar-refractivity contribution in [2.45, 2.75) is 45.1 Å². The van der Waals surface area contributed by atoms with Crippen LogP contribution in [0.5, 0.6) is 0 Å². The number of carbonyl (C=O) groups excluding carboxylic acids is 1. The average molecular weight is 359 g/mol. The van der Waals surface area contributed by atoms with E-state index in [2.05, 4.69) is 11.2 Å². The Hall–Kier alpha value is -2.06. The van der Waals surface area contributed by atoms with E-state index in [1.807, 2.05) is 32.4 Å². The first-order chi connectivity index (χ1) is 12.2. The molecule has 1 saturated heterocycles. The molecule has 140 valence electrons. The van der Waals surface area contributed by atoms with Gasteiger partial charge in [0.05, 0.1) is 0 Å². The molecular formula is C18H26BN3O4. The molecule has 1 fully saturated rings. The third-order valence-corrected chi connectivity index (χ3v) is 4.75. The monoisotopic (exact) mass is 359 g/mol. The molecule has 2 aromatic rings. The van der Waals surface area contributed by atoms with Crippen molar-refractivity contribution >= 4 is 29.7 Å². The number of amides is 1. The van der Waals surface area contributed by atoms with Crippen molar-refractivity contribution in [3.05, 3.63) is 24.0 Å². The lowest BCUT2D eigenvalue weighted by atomic mass is 9.80. The van der Waals surface area contributed by atoms with E-state index in [-0.39, 0.29) is 6.09 Å². The number of carbonyl (C=O) groups is 1. The number of pyridine rings is 1. The SMILES string of the molecule is Cn1cc(C2CCN(C(=O)OC(C)(C)C)CC2)c2cc(B(O)O)cnc21. The molecule has 2 aromatic heterocycles. The fourth-order valence-corrected chi connectivity index (χ4v) is 3.47. The predicted molar refractivity (Wildman–Crippen MR) is 100 cm³/mol. The van der Waals surface area contributed by atoms with E-state index in [0.717, 1.165) is 29.4 Å². The van der Waals surface area contributed by atoms with Crippen LogP contribution in [0.3, 0.4) is 0 Å². The van der Waals surface area contributed by atoms with Crippen LogP contribution in [0, 0.1) is 0 Å². The van der Waals surface area contributed by atoms with E-state index in [0.29, 0.717) is 24.5 Å². The summed E-state index contributed by atoms with van der Waals surface area (Å²) in [6, 6.07) is 1.79. The number of hydrogen-bond acceptors (Lipinski definition) is 5. The Labute approximate surface area is 153 Å². The molecule has 0 aromatic carbocycles. The zero-order chi connectivity index (χ0) is 19.1. The summed E-state index contributed by atoms with van der Waals surface area (Å²) in [4.78, 5) is 18.3. The maximum Gasteiger partial charge on any atom is 0.490 e. The van der Waals surface area contributed by atoms with Gasteiger partial charge in [0.2, 0.25) is 0 Å². The van der Waals surface area contributed by atoms with Gasteiger partial charge in [-0.2, -0.15) is 0 Å². The molecule has 8 heteroatoms. The molecule has 0 bridgehead atoms. The molecule has 1 amide bonds. The van der Waals surface area contributed by atoms with Gasteiger partial charge in [-0.3, -0.25) is 0 Å². The topological polar surface area (TPSA) is 87.8 Å². The van der Waals surface area contributed by atoms with Crippen molar-refractivity contribution in [3.8, 4) is 0 Å². The van der Waals surface area contributed by atoms with Crippen LogP contribution < -0.4 is 5.46 Å². The van der Waals surface area contributed by atoms with E-state index >= 15 is 0 Å². The highest BCUT2D eigenvalue weighted by Crippen LogP contribution is 2.33. The molecule has 0 radical (unpaired) electrons. The zero-order valence-electron chi connectivity index (χ0n) is 15.8. The maximum absolute atomic E-state index is 12.2. The quantitative estimate of drug-likeness (QED) is 0.791. The number of hydrogen-bond donors (Lipinski definition) is 2. The van der Waals surface area contributed by atoms with Crippen LogP contribution in [-0.4, -0.2) is 56.4 Å². The van der Waals surface area contributed by atoms with Crippen LogP contribution in [0.1, 0.15) is 45.1 Å². The van der Waals surface area contributed by atoms with Gasteiger partial charge < -0.3 is 24.3 Å². The van der Waals surface area contributed by atoms with E-state index in [9.17, 15) is 14.8 Å². The molecule has 0 spiro atoms. The molecule has 0 unspecified atom stereocenters. The third-order valence-electron chi connectivity index (χ3n) is 4.75. The largest absolute Gasteiger partial charge is 0.490 e. The first-order valence-corrected chi connectivity index (χ1v) is 8.94. The van der Waals surface area contributed by atoms with Gasteiger partial charge >= 0.3 is 13.2 Å². The number of likely N-dealkylation sites (tertiary alicyclic amines) is 1.